The second kappa shape index (κ2) is 5.98. The van der Waals surface area contributed by atoms with E-state index in [1.165, 1.54) is 31.5 Å². The van der Waals surface area contributed by atoms with Gasteiger partial charge in [0.1, 0.15) is 0 Å². The second-order valence-corrected chi connectivity index (χ2v) is 5.93. The molecule has 0 spiro atoms. The molecule has 0 radical (unpaired) electrons. The zero-order chi connectivity index (χ0) is 12.3. The fourth-order valence-electron chi connectivity index (χ4n) is 2.38. The highest BCUT2D eigenvalue weighted by Crippen LogP contribution is 2.19. The number of nitrogens with one attached hydrogen (secondary N) is 1. The molecular formula is C14H21BrN2. The van der Waals surface area contributed by atoms with Gasteiger partial charge in [-0.3, -0.25) is 0 Å². The molecule has 1 saturated heterocycles. The van der Waals surface area contributed by atoms with E-state index in [0.29, 0.717) is 12.1 Å². The van der Waals surface area contributed by atoms with Crippen molar-refractivity contribution in [3.63, 3.8) is 0 Å². The van der Waals surface area contributed by atoms with Gasteiger partial charge in [0.25, 0.3) is 0 Å². The molecule has 0 bridgehead atoms. The predicted molar refractivity (Wildman–Crippen MR) is 76.2 cm³/mol. The molecule has 1 heterocycles. The molecule has 3 heteroatoms. The van der Waals surface area contributed by atoms with E-state index >= 15 is 0 Å². The molecule has 1 aromatic carbocycles. The Hall–Kier alpha value is -0.380. The maximum Gasteiger partial charge on any atom is 0.0294 e. The summed E-state index contributed by atoms with van der Waals surface area (Å²) in [5, 5.41) is 3.73. The van der Waals surface area contributed by atoms with Gasteiger partial charge in [-0.25, -0.2) is 0 Å². The molecule has 0 aliphatic carbocycles. The van der Waals surface area contributed by atoms with Crippen molar-refractivity contribution < 1.29 is 0 Å². The molecule has 0 aromatic heterocycles. The van der Waals surface area contributed by atoms with Crippen LogP contribution >= 0.6 is 15.9 Å². The van der Waals surface area contributed by atoms with Gasteiger partial charge in [-0.05, 0) is 57.6 Å². The molecule has 0 amide bonds. The van der Waals surface area contributed by atoms with Crippen molar-refractivity contribution in [2.75, 3.05) is 20.1 Å². The highest BCUT2D eigenvalue weighted by atomic mass is 79.9. The van der Waals surface area contributed by atoms with E-state index in [-0.39, 0.29) is 0 Å². The van der Waals surface area contributed by atoms with Crippen molar-refractivity contribution in [3.05, 3.63) is 34.3 Å². The normalized spacial score (nSPS) is 20.4. The summed E-state index contributed by atoms with van der Waals surface area (Å²) in [5.74, 6) is 0. The minimum absolute atomic E-state index is 0.441. The molecule has 1 atom stereocenters. The van der Waals surface area contributed by atoms with Crippen LogP contribution in [0.2, 0.25) is 0 Å². The van der Waals surface area contributed by atoms with E-state index in [4.69, 9.17) is 0 Å². The predicted octanol–water partition coefficient (Wildman–Crippen LogP) is 3.19. The fraction of sp³-hybridized carbons (Fsp3) is 0.571. The lowest BCUT2D eigenvalue weighted by Crippen LogP contribution is -2.41. The van der Waals surface area contributed by atoms with Crippen LogP contribution in [-0.4, -0.2) is 31.1 Å². The Bertz CT molecular complexity index is 342. The van der Waals surface area contributed by atoms with Gasteiger partial charge in [0.15, 0.2) is 0 Å². The highest BCUT2D eigenvalue weighted by Gasteiger charge is 2.18. The quantitative estimate of drug-likeness (QED) is 0.921. The highest BCUT2D eigenvalue weighted by molar-refractivity contribution is 9.10. The summed E-state index contributed by atoms with van der Waals surface area (Å²) in [6.07, 6.45) is 2.52. The maximum atomic E-state index is 3.73. The maximum absolute atomic E-state index is 3.73. The molecular weight excluding hydrogens is 276 g/mol. The van der Waals surface area contributed by atoms with Crippen LogP contribution in [0.3, 0.4) is 0 Å². The van der Waals surface area contributed by atoms with Crippen molar-refractivity contribution >= 4 is 15.9 Å². The van der Waals surface area contributed by atoms with Crippen molar-refractivity contribution in [2.45, 2.75) is 31.8 Å². The molecule has 94 valence electrons. The number of hydrogen-bond acceptors (Lipinski definition) is 2. The Morgan fingerprint density at radius 2 is 1.82 bits per heavy atom. The van der Waals surface area contributed by atoms with Crippen LogP contribution in [0.4, 0.5) is 0 Å². The molecule has 0 unspecified atom stereocenters. The summed E-state index contributed by atoms with van der Waals surface area (Å²) in [4.78, 5) is 2.41. The van der Waals surface area contributed by atoms with Crippen LogP contribution in [-0.2, 0) is 0 Å². The summed E-state index contributed by atoms with van der Waals surface area (Å²) >= 11 is 3.47. The number of rotatable bonds is 3. The van der Waals surface area contributed by atoms with Crippen molar-refractivity contribution in [1.82, 2.24) is 10.2 Å². The van der Waals surface area contributed by atoms with Gasteiger partial charge in [0, 0.05) is 16.6 Å². The summed E-state index contributed by atoms with van der Waals surface area (Å²) in [6.45, 7) is 4.68. The molecule has 1 aliphatic heterocycles. The summed E-state index contributed by atoms with van der Waals surface area (Å²) in [6, 6.07) is 9.72. The lowest BCUT2D eigenvalue weighted by molar-refractivity contribution is 0.226. The number of benzene rings is 1. The Morgan fingerprint density at radius 1 is 1.24 bits per heavy atom. The topological polar surface area (TPSA) is 15.3 Å². The molecule has 1 aliphatic rings. The average molecular weight is 297 g/mol. The third-order valence-corrected chi connectivity index (χ3v) is 4.10. The number of nitrogens with zero attached hydrogens (tertiary/aromatic N) is 1. The first-order valence-corrected chi connectivity index (χ1v) is 7.14. The third kappa shape index (κ3) is 3.80. The minimum atomic E-state index is 0.441. The van der Waals surface area contributed by atoms with Crippen LogP contribution < -0.4 is 5.32 Å². The Morgan fingerprint density at radius 3 is 2.41 bits per heavy atom. The zero-order valence-electron chi connectivity index (χ0n) is 10.6. The number of likely N-dealkylation sites (tertiary alicyclic amines) is 1. The van der Waals surface area contributed by atoms with Crippen molar-refractivity contribution in [2.24, 2.45) is 0 Å². The zero-order valence-corrected chi connectivity index (χ0v) is 12.2. The lowest BCUT2D eigenvalue weighted by Gasteiger charge is -2.31. The first kappa shape index (κ1) is 13.1. The summed E-state index contributed by atoms with van der Waals surface area (Å²) in [5.41, 5.74) is 1.37. The first-order valence-electron chi connectivity index (χ1n) is 6.35. The minimum Gasteiger partial charge on any atom is -0.307 e. The SMILES string of the molecule is C[C@@H](NC1CCN(C)CC1)c1ccc(Br)cc1. The van der Waals surface area contributed by atoms with Gasteiger partial charge in [-0.1, -0.05) is 28.1 Å². The standard InChI is InChI=1S/C14H21BrN2/c1-11(12-3-5-13(15)6-4-12)16-14-7-9-17(2)10-8-14/h3-6,11,14,16H,7-10H2,1-2H3/t11-/m1/s1. The monoisotopic (exact) mass is 296 g/mol. The molecule has 1 aromatic rings. The van der Waals surface area contributed by atoms with Crippen LogP contribution in [0.25, 0.3) is 0 Å². The van der Waals surface area contributed by atoms with E-state index in [9.17, 15) is 0 Å². The van der Waals surface area contributed by atoms with Crippen LogP contribution in [0.15, 0.2) is 28.7 Å². The first-order chi connectivity index (χ1) is 8.15. The third-order valence-electron chi connectivity index (χ3n) is 3.57. The molecule has 1 fully saturated rings. The summed E-state index contributed by atoms with van der Waals surface area (Å²) in [7, 11) is 2.20. The average Bonchev–Trinajstić information content (AvgIpc) is 2.33. The largest absolute Gasteiger partial charge is 0.307 e. The van der Waals surface area contributed by atoms with Gasteiger partial charge in [0.05, 0.1) is 0 Å². The molecule has 17 heavy (non-hydrogen) atoms. The molecule has 0 saturated carbocycles. The number of piperidine rings is 1. The second-order valence-electron chi connectivity index (χ2n) is 5.02. The van der Waals surface area contributed by atoms with Crippen LogP contribution in [0.1, 0.15) is 31.4 Å². The van der Waals surface area contributed by atoms with Crippen LogP contribution in [0.5, 0.6) is 0 Å². The smallest absolute Gasteiger partial charge is 0.0294 e. The Kier molecular flexibility index (Phi) is 4.60. The van der Waals surface area contributed by atoms with E-state index in [1.54, 1.807) is 0 Å². The Balaban J connectivity index is 1.88. The molecule has 2 nitrogen and oxygen atoms in total. The Labute approximate surface area is 113 Å². The van der Waals surface area contributed by atoms with Gasteiger partial charge in [0.2, 0.25) is 0 Å². The van der Waals surface area contributed by atoms with E-state index in [1.807, 2.05) is 0 Å². The van der Waals surface area contributed by atoms with Gasteiger partial charge in [-0.15, -0.1) is 0 Å². The number of halogens is 1. The van der Waals surface area contributed by atoms with Crippen molar-refractivity contribution in [1.29, 1.82) is 0 Å². The number of hydrogen-bond donors (Lipinski definition) is 1. The fourth-order valence-corrected chi connectivity index (χ4v) is 2.64. The van der Waals surface area contributed by atoms with E-state index in [0.717, 1.165) is 4.47 Å². The van der Waals surface area contributed by atoms with Crippen molar-refractivity contribution in [3.8, 4) is 0 Å². The molecule has 2 rings (SSSR count). The van der Waals surface area contributed by atoms with Gasteiger partial charge < -0.3 is 10.2 Å². The van der Waals surface area contributed by atoms with Gasteiger partial charge in [-0.2, -0.15) is 0 Å². The van der Waals surface area contributed by atoms with Gasteiger partial charge >= 0.3 is 0 Å². The van der Waals surface area contributed by atoms with E-state index < -0.39 is 0 Å². The summed E-state index contributed by atoms with van der Waals surface area (Å²) < 4.78 is 1.15. The molecule has 1 N–H and O–H groups in total. The van der Waals surface area contributed by atoms with E-state index in [2.05, 4.69) is 64.4 Å². The van der Waals surface area contributed by atoms with Crippen LogP contribution in [0, 0.1) is 0 Å². The lowest BCUT2D eigenvalue weighted by atomic mass is 10.0.